The van der Waals surface area contributed by atoms with Crippen LogP contribution < -0.4 is 0 Å². The minimum absolute atomic E-state index is 0.0348. The lowest BCUT2D eigenvalue weighted by Gasteiger charge is -2.41. The van der Waals surface area contributed by atoms with Crippen LogP contribution in [0.3, 0.4) is 0 Å². The summed E-state index contributed by atoms with van der Waals surface area (Å²) in [6, 6.07) is 10.2. The summed E-state index contributed by atoms with van der Waals surface area (Å²) in [7, 11) is 0. The number of rotatable bonds is 5. The Labute approximate surface area is 115 Å². The molecule has 0 aromatic heterocycles. The van der Waals surface area contributed by atoms with Crippen LogP contribution in [0.25, 0.3) is 0 Å². The highest BCUT2D eigenvalue weighted by Gasteiger charge is 2.38. The quantitative estimate of drug-likeness (QED) is 0.883. The lowest BCUT2D eigenvalue weighted by atomic mass is 9.81. The van der Waals surface area contributed by atoms with Crippen molar-refractivity contribution in [1.82, 2.24) is 4.90 Å². The molecule has 2 rings (SSSR count). The van der Waals surface area contributed by atoms with E-state index >= 15 is 0 Å². The predicted octanol–water partition coefficient (Wildman–Crippen LogP) is 2.34. The molecule has 1 aliphatic carbocycles. The number of hydrogen-bond acceptors (Lipinski definition) is 2. The molecule has 0 saturated heterocycles. The summed E-state index contributed by atoms with van der Waals surface area (Å²) in [5.41, 5.74) is 0.494. The summed E-state index contributed by atoms with van der Waals surface area (Å²) in [5.74, 6) is 0.123. The lowest BCUT2D eigenvalue weighted by molar-refractivity contribution is -0.141. The average Bonchev–Trinajstić information content (AvgIpc) is 2.36. The smallest absolute Gasteiger partial charge is 0.232 e. The van der Waals surface area contributed by atoms with Crippen LogP contribution in [-0.4, -0.2) is 35.1 Å². The molecule has 0 unspecified atom stereocenters. The van der Waals surface area contributed by atoms with Crippen molar-refractivity contribution in [1.29, 1.82) is 0 Å². The normalized spacial score (nSPS) is 15.9. The number of aliphatic hydroxyl groups is 1. The van der Waals surface area contributed by atoms with Crippen LogP contribution in [0, 0.1) is 0 Å². The Morgan fingerprint density at radius 3 is 2.42 bits per heavy atom. The van der Waals surface area contributed by atoms with Crippen LogP contribution in [0.2, 0.25) is 0 Å². The molecule has 3 heteroatoms. The molecule has 0 atom stereocenters. The van der Waals surface area contributed by atoms with Crippen LogP contribution in [-0.2, 0) is 10.2 Å². The van der Waals surface area contributed by atoms with Gasteiger partial charge in [-0.3, -0.25) is 4.79 Å². The molecule has 0 aliphatic heterocycles. The summed E-state index contributed by atoms with van der Waals surface area (Å²) in [4.78, 5) is 14.7. The molecule has 1 aliphatic rings. The standard InChI is InChI=1S/C16H23NO2/c1-16(2,13-7-4-3-5-8-13)15(19)17(11-12-18)14-9-6-10-14/h3-5,7-8,14,18H,6,9-12H2,1-2H3. The SMILES string of the molecule is CC(C)(C(=O)N(CCO)C1CCC1)c1ccccc1. The van der Waals surface area contributed by atoms with E-state index in [0.29, 0.717) is 12.6 Å². The van der Waals surface area contributed by atoms with Crippen molar-refractivity contribution < 1.29 is 9.90 Å². The van der Waals surface area contributed by atoms with Crippen molar-refractivity contribution >= 4 is 5.91 Å². The van der Waals surface area contributed by atoms with E-state index in [1.165, 1.54) is 6.42 Å². The Balaban J connectivity index is 2.20. The van der Waals surface area contributed by atoms with E-state index in [2.05, 4.69) is 0 Å². The molecule has 1 aromatic carbocycles. The second-order valence-corrected chi connectivity index (χ2v) is 5.80. The fourth-order valence-corrected chi connectivity index (χ4v) is 2.59. The highest BCUT2D eigenvalue weighted by Crippen LogP contribution is 2.31. The van der Waals surface area contributed by atoms with Crippen molar-refractivity contribution in [2.45, 2.75) is 44.6 Å². The zero-order chi connectivity index (χ0) is 13.9. The van der Waals surface area contributed by atoms with E-state index in [0.717, 1.165) is 18.4 Å². The minimum Gasteiger partial charge on any atom is -0.395 e. The third-order valence-electron chi connectivity index (χ3n) is 4.15. The summed E-state index contributed by atoms with van der Waals surface area (Å²) in [6.07, 6.45) is 3.32. The Morgan fingerprint density at radius 2 is 1.95 bits per heavy atom. The maximum atomic E-state index is 12.8. The topological polar surface area (TPSA) is 40.5 Å². The zero-order valence-electron chi connectivity index (χ0n) is 11.8. The van der Waals surface area contributed by atoms with Gasteiger partial charge in [0, 0.05) is 12.6 Å². The Kier molecular flexibility index (Phi) is 4.25. The van der Waals surface area contributed by atoms with Crippen molar-refractivity contribution in [2.75, 3.05) is 13.2 Å². The predicted molar refractivity (Wildman–Crippen MR) is 75.9 cm³/mol. The molecule has 0 bridgehead atoms. The number of aliphatic hydroxyl groups excluding tert-OH is 1. The first-order valence-corrected chi connectivity index (χ1v) is 7.05. The van der Waals surface area contributed by atoms with Gasteiger partial charge in [0.15, 0.2) is 0 Å². The monoisotopic (exact) mass is 261 g/mol. The van der Waals surface area contributed by atoms with Crippen molar-refractivity contribution in [3.63, 3.8) is 0 Å². The van der Waals surface area contributed by atoms with Gasteiger partial charge < -0.3 is 10.0 Å². The molecule has 0 spiro atoms. The molecule has 104 valence electrons. The molecule has 3 nitrogen and oxygen atoms in total. The first kappa shape index (κ1) is 14.1. The van der Waals surface area contributed by atoms with E-state index in [1.807, 2.05) is 49.1 Å². The largest absolute Gasteiger partial charge is 0.395 e. The maximum absolute atomic E-state index is 12.8. The zero-order valence-corrected chi connectivity index (χ0v) is 11.8. The van der Waals surface area contributed by atoms with Gasteiger partial charge in [-0.1, -0.05) is 30.3 Å². The molecule has 19 heavy (non-hydrogen) atoms. The van der Waals surface area contributed by atoms with Crippen molar-refractivity contribution in [2.24, 2.45) is 0 Å². The number of amides is 1. The summed E-state index contributed by atoms with van der Waals surface area (Å²) < 4.78 is 0. The van der Waals surface area contributed by atoms with Gasteiger partial charge >= 0.3 is 0 Å². The molecule has 0 heterocycles. The first-order chi connectivity index (χ1) is 9.07. The van der Waals surface area contributed by atoms with E-state index in [9.17, 15) is 9.90 Å². The maximum Gasteiger partial charge on any atom is 0.232 e. The first-order valence-electron chi connectivity index (χ1n) is 7.05. The Bertz CT molecular complexity index is 424. The van der Waals surface area contributed by atoms with Gasteiger partial charge in [-0.25, -0.2) is 0 Å². The minimum atomic E-state index is -0.536. The summed E-state index contributed by atoms with van der Waals surface area (Å²) >= 11 is 0. The fraction of sp³-hybridized carbons (Fsp3) is 0.562. The second-order valence-electron chi connectivity index (χ2n) is 5.80. The molecular formula is C16H23NO2. The highest BCUT2D eigenvalue weighted by molar-refractivity contribution is 5.87. The summed E-state index contributed by atoms with van der Waals surface area (Å²) in [6.45, 7) is 4.41. The van der Waals surface area contributed by atoms with E-state index in [-0.39, 0.29) is 12.5 Å². The molecule has 0 radical (unpaired) electrons. The van der Waals surface area contributed by atoms with Gasteiger partial charge in [0.05, 0.1) is 12.0 Å². The van der Waals surface area contributed by atoms with Crippen molar-refractivity contribution in [3.05, 3.63) is 35.9 Å². The molecule has 1 saturated carbocycles. The number of carbonyl (C=O) groups is 1. The van der Waals surface area contributed by atoms with E-state index in [4.69, 9.17) is 0 Å². The van der Waals surface area contributed by atoms with Gasteiger partial charge in [0.2, 0.25) is 5.91 Å². The average molecular weight is 261 g/mol. The molecule has 1 amide bonds. The molecular weight excluding hydrogens is 238 g/mol. The number of hydrogen-bond donors (Lipinski definition) is 1. The van der Waals surface area contributed by atoms with E-state index in [1.54, 1.807) is 0 Å². The Hall–Kier alpha value is -1.35. The van der Waals surface area contributed by atoms with Gasteiger partial charge in [0.25, 0.3) is 0 Å². The third-order valence-corrected chi connectivity index (χ3v) is 4.15. The fourth-order valence-electron chi connectivity index (χ4n) is 2.59. The van der Waals surface area contributed by atoms with Gasteiger partial charge in [-0.2, -0.15) is 0 Å². The van der Waals surface area contributed by atoms with Gasteiger partial charge in [-0.05, 0) is 38.7 Å². The van der Waals surface area contributed by atoms with Crippen LogP contribution in [0.15, 0.2) is 30.3 Å². The van der Waals surface area contributed by atoms with Crippen LogP contribution in [0.4, 0.5) is 0 Å². The Morgan fingerprint density at radius 1 is 1.32 bits per heavy atom. The number of nitrogens with zero attached hydrogens (tertiary/aromatic N) is 1. The molecule has 1 fully saturated rings. The van der Waals surface area contributed by atoms with Crippen LogP contribution in [0.1, 0.15) is 38.7 Å². The highest BCUT2D eigenvalue weighted by atomic mass is 16.3. The third kappa shape index (κ3) is 2.81. The number of carbonyl (C=O) groups excluding carboxylic acids is 1. The van der Waals surface area contributed by atoms with Gasteiger partial charge in [-0.15, -0.1) is 0 Å². The van der Waals surface area contributed by atoms with Crippen LogP contribution in [0.5, 0.6) is 0 Å². The lowest BCUT2D eigenvalue weighted by Crippen LogP contribution is -2.52. The molecule has 1 aromatic rings. The van der Waals surface area contributed by atoms with Crippen molar-refractivity contribution in [3.8, 4) is 0 Å². The van der Waals surface area contributed by atoms with Crippen LogP contribution >= 0.6 is 0 Å². The van der Waals surface area contributed by atoms with E-state index < -0.39 is 5.41 Å². The molecule has 1 N–H and O–H groups in total. The number of benzene rings is 1. The summed E-state index contributed by atoms with van der Waals surface area (Å²) in [5, 5.41) is 9.20. The van der Waals surface area contributed by atoms with Gasteiger partial charge in [0.1, 0.15) is 0 Å². The second kappa shape index (κ2) is 5.74.